The first-order chi connectivity index (χ1) is 44.8. The fourth-order valence-electron chi connectivity index (χ4n) is 10.4. The van der Waals surface area contributed by atoms with Gasteiger partial charge < -0.3 is 88.6 Å². The second kappa shape index (κ2) is 37.3. The largest absolute Gasteiger partial charge is 0.508 e. The summed E-state index contributed by atoms with van der Waals surface area (Å²) in [5.41, 5.74) is 8.28. The predicted molar refractivity (Wildman–Crippen MR) is 378 cm³/mol. The fraction of sp³-hybridized carbons (Fsp3) is 0.487. The summed E-state index contributed by atoms with van der Waals surface area (Å²) in [5, 5.41) is 87.2. The Labute approximate surface area is 574 Å². The Morgan fingerprint density at radius 1 is 0.320 bits per heavy atom. The van der Waals surface area contributed by atoms with E-state index in [1.54, 1.807) is 53.4 Å². The van der Waals surface area contributed by atoms with Crippen LogP contribution < -0.4 is 28.4 Å². The van der Waals surface area contributed by atoms with Crippen LogP contribution >= 0.6 is 0 Å². The Morgan fingerprint density at radius 2 is 0.701 bits per heavy atom. The number of phenolic OH excluding ortho intramolecular Hbond substituents is 9. The van der Waals surface area contributed by atoms with Crippen LogP contribution in [0, 0.1) is 41.5 Å². The number of carbonyl (C=O) groups is 3. The van der Waals surface area contributed by atoms with Gasteiger partial charge >= 0.3 is 17.9 Å². The van der Waals surface area contributed by atoms with E-state index >= 15 is 0 Å². The number of phenols is 9. The number of benzene rings is 6. The van der Waals surface area contributed by atoms with Gasteiger partial charge in [0.2, 0.25) is 17.2 Å². The van der Waals surface area contributed by atoms with Crippen molar-refractivity contribution in [3.8, 4) is 86.2 Å². The van der Waals surface area contributed by atoms with Gasteiger partial charge in [-0.15, -0.1) is 0 Å². The van der Waals surface area contributed by atoms with Crippen LogP contribution in [0.3, 0.4) is 0 Å². The number of methoxy groups -OCH3 is 6. The van der Waals surface area contributed by atoms with E-state index in [1.807, 2.05) is 53.7 Å². The third kappa shape index (κ3) is 22.9. The topological polar surface area (TPSA) is 316 Å². The summed E-state index contributed by atoms with van der Waals surface area (Å²) in [7, 11) is 9.00. The quantitative estimate of drug-likeness (QED) is 0.0262. The molecule has 0 fully saturated rings. The molecule has 0 saturated carbocycles. The summed E-state index contributed by atoms with van der Waals surface area (Å²) in [6, 6.07) is 12.6. The van der Waals surface area contributed by atoms with Crippen molar-refractivity contribution in [2.45, 2.75) is 186 Å². The lowest BCUT2D eigenvalue weighted by Crippen LogP contribution is -2.18. The first kappa shape index (κ1) is 85.7. The molecule has 0 aliphatic carbocycles. The Hall–Kier alpha value is -9.27. The molecule has 9 N–H and O–H groups in total. The zero-order valence-corrected chi connectivity index (χ0v) is 62.3. The molecule has 540 valence electrons. The molecule has 0 atom stereocenters. The lowest BCUT2D eigenvalue weighted by atomic mass is 9.78. The average molecular weight is 1360 g/mol. The molecule has 0 bridgehead atoms. The normalized spacial score (nSPS) is 11.0. The minimum absolute atomic E-state index is 0.0197. The maximum atomic E-state index is 11.7. The van der Waals surface area contributed by atoms with Crippen LogP contribution in [0.25, 0.3) is 0 Å². The van der Waals surface area contributed by atoms with E-state index in [0.717, 1.165) is 56.2 Å². The minimum Gasteiger partial charge on any atom is -0.508 e. The van der Waals surface area contributed by atoms with Gasteiger partial charge in [0, 0.05) is 38.9 Å². The highest BCUT2D eigenvalue weighted by Gasteiger charge is 2.30. The third-order valence-corrected chi connectivity index (χ3v) is 15.1. The van der Waals surface area contributed by atoms with Crippen LogP contribution in [0.2, 0.25) is 0 Å². The molecule has 0 amide bonds. The summed E-state index contributed by atoms with van der Waals surface area (Å²) in [6.07, 6.45) is 2.14. The van der Waals surface area contributed by atoms with Gasteiger partial charge in [-0.05, 0) is 148 Å². The molecular weight excluding hydrogens is 1250 g/mol. The molecule has 6 rings (SSSR count). The van der Waals surface area contributed by atoms with Crippen LogP contribution in [0.15, 0.2) is 48.5 Å². The molecule has 0 aliphatic rings. The summed E-state index contributed by atoms with van der Waals surface area (Å²) >= 11 is 0. The molecule has 6 aromatic rings. The molecular formula is C76H110O21. The number of rotatable bonds is 15. The van der Waals surface area contributed by atoms with E-state index in [4.69, 9.17) is 42.6 Å². The molecule has 97 heavy (non-hydrogen) atoms. The maximum absolute atomic E-state index is 11.7. The summed E-state index contributed by atoms with van der Waals surface area (Å²) < 4.78 is 45.6. The van der Waals surface area contributed by atoms with Gasteiger partial charge in [0.15, 0.2) is 34.5 Å². The lowest BCUT2D eigenvalue weighted by Gasteiger charge is -2.29. The van der Waals surface area contributed by atoms with Gasteiger partial charge in [0.25, 0.3) is 0 Å². The summed E-state index contributed by atoms with van der Waals surface area (Å²) in [4.78, 5) is 35.0. The van der Waals surface area contributed by atoms with Crippen LogP contribution in [0.5, 0.6) is 86.2 Å². The van der Waals surface area contributed by atoms with E-state index in [2.05, 4.69) is 83.1 Å². The van der Waals surface area contributed by atoms with Gasteiger partial charge in [0.05, 0.1) is 79.2 Å². The fourth-order valence-corrected chi connectivity index (χ4v) is 10.4. The zero-order valence-electron chi connectivity index (χ0n) is 62.3. The average Bonchev–Trinajstić information content (AvgIpc) is 0.787. The van der Waals surface area contributed by atoms with Crippen LogP contribution in [-0.2, 0) is 35.9 Å². The van der Waals surface area contributed by atoms with Crippen LogP contribution in [0.4, 0.5) is 0 Å². The number of aromatic hydroxyl groups is 9. The first-order valence-corrected chi connectivity index (χ1v) is 31.8. The number of esters is 3. The Balaban J connectivity index is 0.000000583. The summed E-state index contributed by atoms with van der Waals surface area (Å²) in [6.45, 7) is 42.4. The first-order valence-electron chi connectivity index (χ1n) is 31.8. The van der Waals surface area contributed by atoms with Crippen LogP contribution in [0.1, 0.15) is 210 Å². The SMILES string of the molecule is CCCOC(=O)c1cc(O)c(O)c(OC)c1C.CCCOC(=O)c1cc(O)c(OC)c(O)c1C.CCCOC(=O)c1cc(OC)c(O)c(O)c1C.COc1c(C(C)(C)C)cc(O)c(C(C)(C)C)c1C.COc1ccc(O)c(C(C)(C)C)c1C.COc1ccc(O)c(C)c1C(C)(C)C. The monoisotopic (exact) mass is 1360 g/mol. The molecule has 0 aliphatic heterocycles. The van der Waals surface area contributed by atoms with Crippen molar-refractivity contribution < 1.29 is 103 Å². The standard InChI is InChI=1S/C16H26O2.3C12H16O5.2C12H18O2/c1-10-13(16(5,6)7)12(17)9-11(14(10)18-8)15(2,3)4;1-4-5-17-12(15)8-6-9(13)10(14)11(16-3)7(8)2;1-4-5-17-12(15)8-6-9(16-3)11(14)10(13)7(8)2;1-4-5-17-12(15)8-6-9(13)11(16-3)10(14)7(8)2;1-8-10(14-5)7-6-9(13)11(8)12(2,3)4;1-8-9(13)6-7-10(14-5)11(8)12(2,3)4/h9,17H,1-8H3;3*6,13-14H,4-5H2,1-3H3;2*6-7,13H,1-5H3. The van der Waals surface area contributed by atoms with E-state index < -0.39 is 23.7 Å². The minimum atomic E-state index is -0.572. The second-order valence-corrected chi connectivity index (χ2v) is 26.8. The van der Waals surface area contributed by atoms with Gasteiger partial charge in [-0.1, -0.05) is 104 Å². The van der Waals surface area contributed by atoms with Gasteiger partial charge in [-0.3, -0.25) is 0 Å². The molecule has 0 aromatic heterocycles. The van der Waals surface area contributed by atoms with Crippen molar-refractivity contribution in [2.24, 2.45) is 0 Å². The second-order valence-electron chi connectivity index (χ2n) is 26.8. The molecule has 6 aromatic carbocycles. The highest BCUT2D eigenvalue weighted by Crippen LogP contribution is 2.46. The van der Waals surface area contributed by atoms with Crippen molar-refractivity contribution in [3.05, 3.63) is 121 Å². The Kier molecular flexibility index (Phi) is 33.0. The van der Waals surface area contributed by atoms with E-state index in [0.29, 0.717) is 67.5 Å². The van der Waals surface area contributed by atoms with E-state index in [9.17, 15) is 60.3 Å². The van der Waals surface area contributed by atoms with Gasteiger partial charge in [-0.2, -0.15) is 0 Å². The van der Waals surface area contributed by atoms with Crippen molar-refractivity contribution in [1.82, 2.24) is 0 Å². The van der Waals surface area contributed by atoms with Crippen molar-refractivity contribution >= 4 is 17.9 Å². The number of carbonyl (C=O) groups excluding carboxylic acids is 3. The van der Waals surface area contributed by atoms with Crippen molar-refractivity contribution in [2.75, 3.05) is 62.5 Å². The molecule has 0 spiro atoms. The smallest absolute Gasteiger partial charge is 0.338 e. The third-order valence-electron chi connectivity index (χ3n) is 15.1. The Morgan fingerprint density at radius 3 is 1.10 bits per heavy atom. The molecule has 0 radical (unpaired) electrons. The highest BCUT2D eigenvalue weighted by molar-refractivity contribution is 5.94. The number of ether oxygens (including phenoxy) is 9. The molecule has 21 heteroatoms. The van der Waals surface area contributed by atoms with E-state index in [-0.39, 0.29) is 89.9 Å². The predicted octanol–water partition coefficient (Wildman–Crippen LogP) is 16.3. The van der Waals surface area contributed by atoms with Gasteiger partial charge in [0.1, 0.15) is 34.5 Å². The number of hydrogen-bond acceptors (Lipinski definition) is 21. The molecule has 21 nitrogen and oxygen atoms in total. The van der Waals surface area contributed by atoms with E-state index in [1.165, 1.54) is 46.5 Å². The molecule has 0 saturated heterocycles. The van der Waals surface area contributed by atoms with Gasteiger partial charge in [-0.25, -0.2) is 14.4 Å². The highest BCUT2D eigenvalue weighted by atomic mass is 16.5. The van der Waals surface area contributed by atoms with Crippen molar-refractivity contribution in [3.63, 3.8) is 0 Å². The van der Waals surface area contributed by atoms with Crippen molar-refractivity contribution in [1.29, 1.82) is 0 Å². The molecule has 0 heterocycles. The van der Waals surface area contributed by atoms with Crippen LogP contribution in [-0.4, -0.2) is 126 Å². The maximum Gasteiger partial charge on any atom is 0.338 e. The summed E-state index contributed by atoms with van der Waals surface area (Å²) in [5.74, 6) is -0.0659. The number of hydrogen-bond donors (Lipinski definition) is 9. The molecule has 0 unspecified atom stereocenters. The zero-order chi connectivity index (χ0) is 75.2. The Bertz CT molecular complexity index is 3590. The lowest BCUT2D eigenvalue weighted by molar-refractivity contribution is 0.0494.